The minimum atomic E-state index is -1.04. The Morgan fingerprint density at radius 3 is 2.79 bits per heavy atom. The van der Waals surface area contributed by atoms with Gasteiger partial charge in [0.2, 0.25) is 11.8 Å². The highest BCUT2D eigenvalue weighted by atomic mass is 127. The number of carbonyl (C=O) groups is 3. The predicted octanol–water partition coefficient (Wildman–Crippen LogP) is 1.67. The van der Waals surface area contributed by atoms with Gasteiger partial charge in [-0.05, 0) is 40.8 Å². The zero-order valence-corrected chi connectivity index (χ0v) is 14.9. The highest BCUT2D eigenvalue weighted by Gasteiger charge is 2.68. The summed E-state index contributed by atoms with van der Waals surface area (Å²) in [5, 5.41) is 0. The first-order valence-corrected chi connectivity index (χ1v) is 8.65. The van der Waals surface area contributed by atoms with Gasteiger partial charge >= 0.3 is 5.97 Å². The van der Waals surface area contributed by atoms with Crippen molar-refractivity contribution in [1.82, 2.24) is 0 Å². The molecule has 0 unspecified atom stereocenters. The summed E-state index contributed by atoms with van der Waals surface area (Å²) in [4.78, 5) is 38.4. The molecule has 0 aromatic heterocycles. The van der Waals surface area contributed by atoms with Gasteiger partial charge in [-0.15, -0.1) is 0 Å². The Morgan fingerprint density at radius 2 is 2.08 bits per heavy atom. The van der Waals surface area contributed by atoms with Crippen LogP contribution in [0.2, 0.25) is 0 Å². The van der Waals surface area contributed by atoms with Crippen LogP contribution in [0.5, 0.6) is 0 Å². The van der Waals surface area contributed by atoms with E-state index in [1.165, 1.54) is 11.8 Å². The van der Waals surface area contributed by atoms with E-state index in [2.05, 4.69) is 22.6 Å². The van der Waals surface area contributed by atoms with Gasteiger partial charge in [-0.1, -0.05) is 18.2 Å². The van der Waals surface area contributed by atoms with Gasteiger partial charge in [0.25, 0.3) is 0 Å². The summed E-state index contributed by atoms with van der Waals surface area (Å²) in [5.41, 5.74) is -0.451. The Balaban J connectivity index is 1.72. The third-order valence-electron chi connectivity index (χ3n) is 4.75. The maximum absolute atomic E-state index is 13.0. The van der Waals surface area contributed by atoms with Crippen molar-refractivity contribution in [2.24, 2.45) is 11.8 Å². The number of fused-ring (bicyclic) bond motifs is 5. The van der Waals surface area contributed by atoms with E-state index in [0.29, 0.717) is 5.69 Å². The molecule has 0 spiro atoms. The van der Waals surface area contributed by atoms with Crippen LogP contribution in [0.3, 0.4) is 0 Å². The van der Waals surface area contributed by atoms with Crippen LogP contribution >= 0.6 is 22.6 Å². The lowest BCUT2D eigenvalue weighted by atomic mass is 9.77. The molecule has 0 N–H and O–H groups in total. The molecule has 3 aliphatic heterocycles. The van der Waals surface area contributed by atoms with E-state index in [-0.39, 0.29) is 18.4 Å². The quantitative estimate of drug-likeness (QED) is 0.310. The maximum Gasteiger partial charge on any atom is 0.302 e. The van der Waals surface area contributed by atoms with Crippen LogP contribution < -0.4 is 4.90 Å². The summed E-state index contributed by atoms with van der Waals surface area (Å²) in [7, 11) is 0. The van der Waals surface area contributed by atoms with Crippen molar-refractivity contribution in [2.45, 2.75) is 18.6 Å². The number of hydrogen-bond donors (Lipinski definition) is 0. The number of nitrogens with zero attached hydrogens (tertiary/aromatic N) is 1. The third kappa shape index (κ3) is 2.07. The van der Waals surface area contributed by atoms with Crippen LogP contribution in [0.1, 0.15) is 6.92 Å². The van der Waals surface area contributed by atoms with Crippen LogP contribution in [0, 0.1) is 15.4 Å². The summed E-state index contributed by atoms with van der Waals surface area (Å²) in [6.07, 6.45) is 3.09. The molecule has 2 bridgehead atoms. The Labute approximate surface area is 151 Å². The number of halogens is 1. The molecule has 2 saturated heterocycles. The zero-order chi connectivity index (χ0) is 17.1. The molecule has 2 fully saturated rings. The summed E-state index contributed by atoms with van der Waals surface area (Å²) in [6, 6.07) is 7.26. The molecule has 7 heteroatoms. The SMILES string of the molecule is CC(=O)OC[C@@]12C=C[C@@H](O1)[C@@H]1C(=O)N(c3ccccc3I)C(=O)[C@@H]12. The number of esters is 1. The van der Waals surface area contributed by atoms with Gasteiger partial charge in [0.15, 0.2) is 0 Å². The largest absolute Gasteiger partial charge is 0.462 e. The minimum absolute atomic E-state index is 0.0603. The monoisotopic (exact) mass is 439 g/mol. The number of rotatable bonds is 3. The number of ether oxygens (including phenoxy) is 2. The number of para-hydroxylation sites is 1. The van der Waals surface area contributed by atoms with E-state index in [1.54, 1.807) is 24.3 Å². The van der Waals surface area contributed by atoms with Crippen molar-refractivity contribution < 1.29 is 23.9 Å². The summed E-state index contributed by atoms with van der Waals surface area (Å²) < 4.78 is 11.8. The second kappa shape index (κ2) is 5.38. The fraction of sp³-hybridized carbons (Fsp3) is 0.353. The number of carbonyl (C=O) groups excluding carboxylic acids is 3. The normalized spacial score (nSPS) is 33.2. The van der Waals surface area contributed by atoms with Crippen molar-refractivity contribution in [3.63, 3.8) is 0 Å². The molecule has 6 nitrogen and oxygen atoms in total. The van der Waals surface area contributed by atoms with Crippen LogP contribution in [0.4, 0.5) is 5.69 Å². The van der Waals surface area contributed by atoms with Crippen molar-refractivity contribution in [3.8, 4) is 0 Å². The number of benzene rings is 1. The Morgan fingerprint density at radius 1 is 1.33 bits per heavy atom. The van der Waals surface area contributed by atoms with Crippen molar-refractivity contribution in [3.05, 3.63) is 40.0 Å². The molecule has 0 aliphatic carbocycles. The number of imide groups is 1. The zero-order valence-electron chi connectivity index (χ0n) is 12.8. The molecule has 4 atom stereocenters. The lowest BCUT2D eigenvalue weighted by Gasteiger charge is -2.28. The molecule has 0 radical (unpaired) electrons. The third-order valence-corrected chi connectivity index (χ3v) is 5.66. The minimum Gasteiger partial charge on any atom is -0.462 e. The smallest absolute Gasteiger partial charge is 0.302 e. The van der Waals surface area contributed by atoms with Gasteiger partial charge in [-0.2, -0.15) is 0 Å². The topological polar surface area (TPSA) is 72.9 Å². The second-order valence-electron chi connectivity index (χ2n) is 6.14. The molecule has 2 amide bonds. The van der Waals surface area contributed by atoms with Crippen molar-refractivity contribution in [1.29, 1.82) is 0 Å². The molecular weight excluding hydrogens is 425 g/mol. The molecule has 24 heavy (non-hydrogen) atoms. The molecule has 1 aromatic rings. The van der Waals surface area contributed by atoms with E-state index < -0.39 is 29.5 Å². The number of anilines is 1. The average Bonchev–Trinajstić information content (AvgIpc) is 3.18. The first-order valence-electron chi connectivity index (χ1n) is 7.57. The lowest BCUT2D eigenvalue weighted by Crippen LogP contribution is -2.44. The van der Waals surface area contributed by atoms with Gasteiger partial charge < -0.3 is 9.47 Å². The molecular formula is C17H14INO5. The molecule has 3 heterocycles. The van der Waals surface area contributed by atoms with Gasteiger partial charge in [0.05, 0.1) is 23.6 Å². The first-order chi connectivity index (χ1) is 11.4. The highest BCUT2D eigenvalue weighted by Crippen LogP contribution is 2.52. The maximum atomic E-state index is 13.0. The fourth-order valence-corrected chi connectivity index (χ4v) is 4.38. The van der Waals surface area contributed by atoms with E-state index in [9.17, 15) is 14.4 Å². The Kier molecular flexibility index (Phi) is 3.54. The van der Waals surface area contributed by atoms with E-state index in [0.717, 1.165) is 3.57 Å². The standard InChI is InChI=1S/C17H14INO5/c1-9(20)23-8-17-7-6-12(24-17)13-14(17)16(22)19(15(13)21)11-5-3-2-4-10(11)18/h2-7,12-14H,8H2,1H3/t12-,13+,14-,17-/m1/s1. The fourth-order valence-electron chi connectivity index (χ4n) is 3.75. The Hall–Kier alpha value is -1.74. The number of amides is 2. The van der Waals surface area contributed by atoms with E-state index in [4.69, 9.17) is 9.47 Å². The average molecular weight is 439 g/mol. The number of hydrogen-bond acceptors (Lipinski definition) is 5. The highest BCUT2D eigenvalue weighted by molar-refractivity contribution is 14.1. The van der Waals surface area contributed by atoms with Crippen molar-refractivity contribution in [2.75, 3.05) is 11.5 Å². The molecule has 1 aromatic carbocycles. The van der Waals surface area contributed by atoms with Gasteiger partial charge in [-0.25, -0.2) is 4.90 Å². The van der Waals surface area contributed by atoms with Gasteiger partial charge in [0.1, 0.15) is 12.2 Å². The molecule has 124 valence electrons. The summed E-state index contributed by atoms with van der Waals surface area (Å²) in [6.45, 7) is 1.24. The lowest BCUT2D eigenvalue weighted by molar-refractivity contribution is -0.150. The predicted molar refractivity (Wildman–Crippen MR) is 92.0 cm³/mol. The molecule has 4 rings (SSSR count). The second-order valence-corrected chi connectivity index (χ2v) is 7.31. The van der Waals surface area contributed by atoms with Gasteiger partial charge in [-0.3, -0.25) is 14.4 Å². The van der Waals surface area contributed by atoms with E-state index >= 15 is 0 Å². The van der Waals surface area contributed by atoms with Gasteiger partial charge in [0, 0.05) is 10.5 Å². The first kappa shape index (κ1) is 15.8. The summed E-state index contributed by atoms with van der Waals surface area (Å²) in [5.74, 6) is -2.22. The Bertz CT molecular complexity index is 791. The van der Waals surface area contributed by atoms with Crippen LogP contribution in [0.15, 0.2) is 36.4 Å². The van der Waals surface area contributed by atoms with Crippen LogP contribution in [0.25, 0.3) is 0 Å². The van der Waals surface area contributed by atoms with E-state index in [1.807, 2.05) is 12.1 Å². The van der Waals surface area contributed by atoms with Crippen LogP contribution in [-0.4, -0.2) is 36.1 Å². The molecule has 0 saturated carbocycles. The molecule has 3 aliphatic rings. The van der Waals surface area contributed by atoms with Crippen LogP contribution in [-0.2, 0) is 23.9 Å². The van der Waals surface area contributed by atoms with Crippen molar-refractivity contribution >= 4 is 46.1 Å². The summed E-state index contributed by atoms with van der Waals surface area (Å²) >= 11 is 2.11.